The first-order valence-corrected chi connectivity index (χ1v) is 9.38. The molecule has 4 nitrogen and oxygen atoms in total. The van der Waals surface area contributed by atoms with Crippen molar-refractivity contribution in [2.75, 3.05) is 16.3 Å². The van der Waals surface area contributed by atoms with E-state index in [4.69, 9.17) is 0 Å². The molecule has 29 heavy (non-hydrogen) atoms. The van der Waals surface area contributed by atoms with Crippen molar-refractivity contribution in [2.24, 2.45) is 0 Å². The molecule has 2 amide bonds. The Morgan fingerprint density at radius 2 is 1.48 bits per heavy atom. The number of anilines is 2. The van der Waals surface area contributed by atoms with Crippen molar-refractivity contribution in [1.29, 1.82) is 0 Å². The van der Waals surface area contributed by atoms with Gasteiger partial charge in [0.25, 0.3) is 11.8 Å². The number of para-hydroxylation sites is 1. The molecule has 0 spiro atoms. The van der Waals surface area contributed by atoms with Crippen LogP contribution in [0.2, 0.25) is 0 Å². The molecule has 144 valence electrons. The number of carbonyl (C=O) groups excluding carboxylic acids is 2. The first-order chi connectivity index (χ1) is 14.1. The second kappa shape index (κ2) is 7.72. The van der Waals surface area contributed by atoms with Crippen LogP contribution in [0.25, 0.3) is 5.57 Å². The van der Waals surface area contributed by atoms with Crippen molar-refractivity contribution in [3.05, 3.63) is 102 Å². The molecule has 0 aliphatic carbocycles. The maximum Gasteiger partial charge on any atom is 0.282 e. The van der Waals surface area contributed by atoms with E-state index in [1.165, 1.54) is 18.2 Å². The monoisotopic (exact) mass is 386 g/mol. The zero-order valence-corrected chi connectivity index (χ0v) is 15.9. The highest BCUT2D eigenvalue weighted by molar-refractivity contribution is 6.46. The van der Waals surface area contributed by atoms with Gasteiger partial charge >= 0.3 is 0 Å². The van der Waals surface area contributed by atoms with Crippen molar-refractivity contribution in [1.82, 2.24) is 0 Å². The second-order valence-electron chi connectivity index (χ2n) is 6.60. The highest BCUT2D eigenvalue weighted by Gasteiger charge is 2.42. The number of imide groups is 1. The molecule has 0 N–H and O–H groups in total. The van der Waals surface area contributed by atoms with Crippen LogP contribution < -0.4 is 9.80 Å². The quantitative estimate of drug-likeness (QED) is 0.600. The fourth-order valence-corrected chi connectivity index (χ4v) is 3.56. The Hall–Kier alpha value is -3.73. The molecule has 0 saturated carbocycles. The minimum absolute atomic E-state index is 0.215. The van der Waals surface area contributed by atoms with Crippen LogP contribution in [0, 0.1) is 5.82 Å². The second-order valence-corrected chi connectivity index (χ2v) is 6.60. The van der Waals surface area contributed by atoms with Crippen molar-refractivity contribution in [3.8, 4) is 0 Å². The lowest BCUT2D eigenvalue weighted by Gasteiger charge is -2.25. The van der Waals surface area contributed by atoms with Crippen LogP contribution in [0.1, 0.15) is 12.5 Å². The molecule has 5 heteroatoms. The standard InChI is InChI=1S/C24H19FN2O2/c1-2-26(19-13-7-4-8-14-19)22-21(17-10-5-3-6-11-17)23(28)27(24(22)29)20-15-9-12-18(25)16-20/h3-16H,2H2,1H3. The predicted octanol–water partition coefficient (Wildman–Crippen LogP) is 4.64. The van der Waals surface area contributed by atoms with Gasteiger partial charge in [-0.15, -0.1) is 0 Å². The molecule has 0 unspecified atom stereocenters. The summed E-state index contributed by atoms with van der Waals surface area (Å²) < 4.78 is 13.8. The van der Waals surface area contributed by atoms with Gasteiger partial charge in [-0.3, -0.25) is 9.59 Å². The largest absolute Gasteiger partial charge is 0.337 e. The summed E-state index contributed by atoms with van der Waals surface area (Å²) in [6, 6.07) is 24.1. The summed E-state index contributed by atoms with van der Waals surface area (Å²) in [5, 5.41) is 0. The smallest absolute Gasteiger partial charge is 0.282 e. The van der Waals surface area contributed by atoms with E-state index in [2.05, 4.69) is 0 Å². The van der Waals surface area contributed by atoms with E-state index in [9.17, 15) is 14.0 Å². The van der Waals surface area contributed by atoms with Gasteiger partial charge in [0.2, 0.25) is 0 Å². The highest BCUT2D eigenvalue weighted by atomic mass is 19.1. The number of hydrogen-bond donors (Lipinski definition) is 0. The number of benzene rings is 3. The average molecular weight is 386 g/mol. The lowest BCUT2D eigenvalue weighted by atomic mass is 10.0. The molecular formula is C24H19FN2O2. The van der Waals surface area contributed by atoms with Crippen molar-refractivity contribution < 1.29 is 14.0 Å². The van der Waals surface area contributed by atoms with E-state index in [-0.39, 0.29) is 5.69 Å². The van der Waals surface area contributed by atoms with Gasteiger partial charge in [-0.25, -0.2) is 9.29 Å². The topological polar surface area (TPSA) is 40.6 Å². The Bertz CT molecular complexity index is 1090. The molecule has 4 rings (SSSR count). The Kier molecular flexibility index (Phi) is 4.96. The van der Waals surface area contributed by atoms with Crippen LogP contribution >= 0.6 is 0 Å². The molecular weight excluding hydrogens is 367 g/mol. The molecule has 1 heterocycles. The minimum Gasteiger partial charge on any atom is -0.337 e. The molecule has 0 aromatic heterocycles. The van der Waals surface area contributed by atoms with E-state index < -0.39 is 17.6 Å². The molecule has 3 aromatic carbocycles. The predicted molar refractivity (Wildman–Crippen MR) is 112 cm³/mol. The van der Waals surface area contributed by atoms with Gasteiger partial charge in [0.15, 0.2) is 0 Å². The summed E-state index contributed by atoms with van der Waals surface area (Å²) in [6.07, 6.45) is 0. The third-order valence-electron chi connectivity index (χ3n) is 4.84. The lowest BCUT2D eigenvalue weighted by Crippen LogP contribution is -2.35. The van der Waals surface area contributed by atoms with E-state index in [0.717, 1.165) is 10.6 Å². The van der Waals surface area contributed by atoms with Gasteiger partial charge in [-0.1, -0.05) is 54.6 Å². The zero-order valence-electron chi connectivity index (χ0n) is 15.9. The summed E-state index contributed by atoms with van der Waals surface area (Å²) in [7, 11) is 0. The van der Waals surface area contributed by atoms with Crippen LogP contribution in [0.4, 0.5) is 15.8 Å². The first kappa shape index (κ1) is 18.6. The van der Waals surface area contributed by atoms with Crippen molar-refractivity contribution >= 4 is 28.8 Å². The van der Waals surface area contributed by atoms with Crippen LogP contribution in [0.15, 0.2) is 90.6 Å². The Morgan fingerprint density at radius 1 is 0.828 bits per heavy atom. The van der Waals surface area contributed by atoms with E-state index in [1.807, 2.05) is 60.4 Å². The number of carbonyl (C=O) groups is 2. The molecule has 0 saturated heterocycles. The van der Waals surface area contributed by atoms with Crippen molar-refractivity contribution in [2.45, 2.75) is 6.92 Å². The van der Waals surface area contributed by atoms with Crippen LogP contribution in [-0.4, -0.2) is 18.4 Å². The number of halogens is 1. The molecule has 0 radical (unpaired) electrons. The van der Waals surface area contributed by atoms with Gasteiger partial charge in [0.05, 0.1) is 11.3 Å². The highest BCUT2D eigenvalue weighted by Crippen LogP contribution is 2.36. The first-order valence-electron chi connectivity index (χ1n) is 9.38. The number of hydrogen-bond acceptors (Lipinski definition) is 3. The fourth-order valence-electron chi connectivity index (χ4n) is 3.56. The maximum atomic E-state index is 13.8. The minimum atomic E-state index is -0.506. The number of amides is 2. The molecule has 0 bridgehead atoms. The summed E-state index contributed by atoms with van der Waals surface area (Å²) in [5.41, 5.74) is 2.27. The molecule has 1 aliphatic heterocycles. The van der Waals surface area contributed by atoms with Gasteiger partial charge < -0.3 is 4.90 Å². The summed E-state index contributed by atoms with van der Waals surface area (Å²) in [5.74, 6) is -1.44. The summed E-state index contributed by atoms with van der Waals surface area (Å²) >= 11 is 0. The molecule has 0 fully saturated rings. The third-order valence-corrected chi connectivity index (χ3v) is 4.84. The fraction of sp³-hybridized carbons (Fsp3) is 0.0833. The van der Waals surface area contributed by atoms with E-state index in [1.54, 1.807) is 18.2 Å². The molecule has 1 aliphatic rings. The summed E-state index contributed by atoms with van der Waals surface area (Å²) in [4.78, 5) is 29.7. The Labute approximate surface area is 168 Å². The average Bonchev–Trinajstić information content (AvgIpc) is 3.00. The SMILES string of the molecule is CCN(C1=C(c2ccccc2)C(=O)N(c2cccc(F)c2)C1=O)c1ccccc1. The van der Waals surface area contributed by atoms with Crippen LogP contribution in [-0.2, 0) is 9.59 Å². The Morgan fingerprint density at radius 3 is 2.10 bits per heavy atom. The van der Waals surface area contributed by atoms with Crippen molar-refractivity contribution in [3.63, 3.8) is 0 Å². The maximum absolute atomic E-state index is 13.8. The number of rotatable bonds is 5. The molecule has 3 aromatic rings. The Balaban J connectivity index is 1.91. The van der Waals surface area contributed by atoms with E-state index >= 15 is 0 Å². The van der Waals surface area contributed by atoms with Gasteiger partial charge in [0.1, 0.15) is 11.5 Å². The molecule has 0 atom stereocenters. The normalized spacial score (nSPS) is 13.9. The van der Waals surface area contributed by atoms with Gasteiger partial charge in [-0.05, 0) is 42.8 Å². The third kappa shape index (κ3) is 3.31. The van der Waals surface area contributed by atoms with Gasteiger partial charge in [0, 0.05) is 12.2 Å². The summed E-state index contributed by atoms with van der Waals surface area (Å²) in [6.45, 7) is 2.41. The number of nitrogens with zero attached hydrogens (tertiary/aromatic N) is 2. The van der Waals surface area contributed by atoms with Gasteiger partial charge in [-0.2, -0.15) is 0 Å². The van der Waals surface area contributed by atoms with E-state index in [0.29, 0.717) is 23.4 Å². The van der Waals surface area contributed by atoms with Crippen LogP contribution in [0.3, 0.4) is 0 Å². The lowest BCUT2D eigenvalue weighted by molar-refractivity contribution is -0.120. The van der Waals surface area contributed by atoms with Crippen LogP contribution in [0.5, 0.6) is 0 Å². The zero-order chi connectivity index (χ0) is 20.4. The number of likely N-dealkylation sites (N-methyl/N-ethyl adjacent to an activating group) is 1.